The molecular formula is C62H109NO10. The van der Waals surface area contributed by atoms with Crippen molar-refractivity contribution in [2.45, 2.75) is 241 Å². The van der Waals surface area contributed by atoms with Gasteiger partial charge in [-0.15, -0.1) is 0 Å². The number of hydrogen-bond acceptors (Lipinski definition) is 11. The number of nitrogens with zero attached hydrogens (tertiary/aromatic N) is 1. The van der Waals surface area contributed by atoms with Gasteiger partial charge in [0.1, 0.15) is 0 Å². The first-order chi connectivity index (χ1) is 35.4. The van der Waals surface area contributed by atoms with Crippen LogP contribution in [0.3, 0.4) is 0 Å². The monoisotopic (exact) mass is 1030 g/mol. The van der Waals surface area contributed by atoms with Gasteiger partial charge in [-0.05, 0) is 167 Å². The smallest absolute Gasteiger partial charge is 0.305 e. The molecule has 2 fully saturated rings. The predicted molar refractivity (Wildman–Crippen MR) is 298 cm³/mol. The number of esters is 3. The molecule has 0 radical (unpaired) electrons. The Morgan fingerprint density at radius 3 is 1.18 bits per heavy atom. The molecule has 2 bridgehead atoms. The Morgan fingerprint density at radius 1 is 0.466 bits per heavy atom. The molecule has 4 atom stereocenters. The second-order valence-electron chi connectivity index (χ2n) is 22.0. The van der Waals surface area contributed by atoms with Gasteiger partial charge >= 0.3 is 17.9 Å². The molecule has 2 aliphatic rings. The van der Waals surface area contributed by atoms with Gasteiger partial charge in [-0.2, -0.15) is 0 Å². The molecular weight excluding hydrogens is 919 g/mol. The molecule has 11 nitrogen and oxygen atoms in total. The Labute approximate surface area is 446 Å². The van der Waals surface area contributed by atoms with Crippen LogP contribution in [-0.2, 0) is 47.5 Å². The van der Waals surface area contributed by atoms with Gasteiger partial charge in [0.15, 0.2) is 12.6 Å². The van der Waals surface area contributed by atoms with Crippen molar-refractivity contribution in [2.75, 3.05) is 65.9 Å². The SMILES string of the molecule is CC/C=C\CCCCOC(CCC(=O)OCC1(C)CC2CC(C)(COC(=O)CCCN(CC)CC)CC(COC(=O)CCC(OCCCC/C=C\CC)OCCCC/C=C\CC)(C2)C1)OCCCC/C=C\CC. The summed E-state index contributed by atoms with van der Waals surface area (Å²) in [6.07, 6.45) is 39.7. The summed E-state index contributed by atoms with van der Waals surface area (Å²) >= 11 is 0. The summed E-state index contributed by atoms with van der Waals surface area (Å²) in [5.74, 6) is -0.371. The molecule has 0 heterocycles. The largest absolute Gasteiger partial charge is 0.465 e. The Balaban J connectivity index is 2.14. The molecule has 73 heavy (non-hydrogen) atoms. The molecule has 2 aliphatic carbocycles. The number of carbonyl (C=O) groups is 3. The van der Waals surface area contributed by atoms with Gasteiger partial charge in [0.2, 0.25) is 0 Å². The Morgan fingerprint density at radius 2 is 0.822 bits per heavy atom. The van der Waals surface area contributed by atoms with Crippen LogP contribution in [0.25, 0.3) is 0 Å². The van der Waals surface area contributed by atoms with Crippen molar-refractivity contribution >= 4 is 17.9 Å². The molecule has 0 aliphatic heterocycles. The van der Waals surface area contributed by atoms with Crippen molar-refractivity contribution < 1.29 is 47.5 Å². The molecule has 0 saturated heterocycles. The van der Waals surface area contributed by atoms with Gasteiger partial charge in [0, 0.05) is 61.9 Å². The van der Waals surface area contributed by atoms with Crippen LogP contribution in [0.1, 0.15) is 229 Å². The van der Waals surface area contributed by atoms with E-state index >= 15 is 0 Å². The number of hydrogen-bond donors (Lipinski definition) is 0. The van der Waals surface area contributed by atoms with E-state index in [1.165, 1.54) is 0 Å². The number of ether oxygens (including phenoxy) is 7. The lowest BCUT2D eigenvalue weighted by Gasteiger charge is -2.57. The summed E-state index contributed by atoms with van der Waals surface area (Å²) in [7, 11) is 0. The summed E-state index contributed by atoms with van der Waals surface area (Å²) in [6.45, 7) is 23.4. The lowest BCUT2D eigenvalue weighted by molar-refractivity contribution is -0.174. The Bertz CT molecular complexity index is 1490. The molecule has 0 aromatic rings. The Kier molecular flexibility index (Phi) is 37.5. The molecule has 0 spiro atoms. The maximum absolute atomic E-state index is 13.7. The lowest BCUT2D eigenvalue weighted by Crippen LogP contribution is -2.52. The maximum Gasteiger partial charge on any atom is 0.305 e. The zero-order chi connectivity index (χ0) is 53.3. The summed E-state index contributed by atoms with van der Waals surface area (Å²) in [5.41, 5.74) is -0.956. The summed E-state index contributed by atoms with van der Waals surface area (Å²) in [6, 6.07) is 0. The molecule has 0 N–H and O–H groups in total. The predicted octanol–water partition coefficient (Wildman–Crippen LogP) is 15.2. The topological polar surface area (TPSA) is 119 Å². The fraction of sp³-hybridized carbons (Fsp3) is 0.823. The van der Waals surface area contributed by atoms with Crippen molar-refractivity contribution in [1.82, 2.24) is 4.90 Å². The average molecular weight is 1030 g/mol. The third kappa shape index (κ3) is 32.4. The van der Waals surface area contributed by atoms with Gasteiger partial charge < -0.3 is 38.1 Å². The fourth-order valence-corrected chi connectivity index (χ4v) is 11.1. The van der Waals surface area contributed by atoms with E-state index in [1.54, 1.807) is 0 Å². The quantitative estimate of drug-likeness (QED) is 0.0191. The zero-order valence-electron chi connectivity index (χ0n) is 48.0. The highest BCUT2D eigenvalue weighted by molar-refractivity contribution is 5.70. The van der Waals surface area contributed by atoms with E-state index in [0.29, 0.717) is 64.8 Å². The minimum Gasteiger partial charge on any atom is -0.465 e. The van der Waals surface area contributed by atoms with E-state index in [9.17, 15) is 14.4 Å². The highest BCUT2D eigenvalue weighted by Gasteiger charge is 2.55. The van der Waals surface area contributed by atoms with Gasteiger partial charge in [-0.25, -0.2) is 0 Å². The molecule has 2 saturated carbocycles. The van der Waals surface area contributed by atoms with Crippen molar-refractivity contribution in [3.63, 3.8) is 0 Å². The Hall–Kier alpha value is -2.83. The van der Waals surface area contributed by atoms with E-state index in [0.717, 1.165) is 161 Å². The molecule has 0 aromatic heterocycles. The molecule has 422 valence electrons. The molecule has 0 aromatic carbocycles. The van der Waals surface area contributed by atoms with Crippen LogP contribution in [0.15, 0.2) is 48.6 Å². The first-order valence-electron chi connectivity index (χ1n) is 29.6. The number of fused-ring (bicyclic) bond motifs is 2. The minimum atomic E-state index is -0.468. The van der Waals surface area contributed by atoms with Crippen LogP contribution in [0.2, 0.25) is 0 Å². The molecule has 4 unspecified atom stereocenters. The maximum atomic E-state index is 13.7. The van der Waals surface area contributed by atoms with Crippen molar-refractivity contribution in [3.05, 3.63) is 48.6 Å². The van der Waals surface area contributed by atoms with Crippen LogP contribution in [-0.4, -0.2) is 101 Å². The first kappa shape index (κ1) is 66.3. The van der Waals surface area contributed by atoms with E-state index in [4.69, 9.17) is 33.2 Å². The van der Waals surface area contributed by atoms with E-state index in [2.05, 4.69) is 109 Å². The van der Waals surface area contributed by atoms with Crippen LogP contribution in [0.5, 0.6) is 0 Å². The fourth-order valence-electron chi connectivity index (χ4n) is 11.1. The number of unbranched alkanes of at least 4 members (excludes halogenated alkanes) is 8. The lowest BCUT2D eigenvalue weighted by atomic mass is 9.49. The number of rotatable bonds is 46. The molecule has 11 heteroatoms. The van der Waals surface area contributed by atoms with Crippen molar-refractivity contribution in [2.24, 2.45) is 22.2 Å². The molecule has 2 rings (SSSR count). The number of allylic oxidation sites excluding steroid dienone is 8. The summed E-state index contributed by atoms with van der Waals surface area (Å²) < 4.78 is 43.3. The normalized spacial score (nSPS) is 21.3. The van der Waals surface area contributed by atoms with Crippen LogP contribution in [0.4, 0.5) is 0 Å². The third-order valence-corrected chi connectivity index (χ3v) is 14.4. The van der Waals surface area contributed by atoms with Gasteiger partial charge in [0.25, 0.3) is 0 Å². The summed E-state index contributed by atoms with van der Waals surface area (Å²) in [4.78, 5) is 42.7. The highest BCUT2D eigenvalue weighted by atomic mass is 16.7. The van der Waals surface area contributed by atoms with Crippen molar-refractivity contribution in [3.8, 4) is 0 Å². The van der Waals surface area contributed by atoms with Gasteiger partial charge in [-0.1, -0.05) is 104 Å². The van der Waals surface area contributed by atoms with Gasteiger partial charge in [0.05, 0.1) is 32.7 Å². The number of carbonyl (C=O) groups excluding carboxylic acids is 3. The highest BCUT2D eigenvalue weighted by Crippen LogP contribution is 2.60. The van der Waals surface area contributed by atoms with Crippen LogP contribution < -0.4 is 0 Å². The van der Waals surface area contributed by atoms with Crippen molar-refractivity contribution in [1.29, 1.82) is 0 Å². The first-order valence-corrected chi connectivity index (χ1v) is 29.6. The van der Waals surface area contributed by atoms with Crippen LogP contribution in [0, 0.1) is 22.2 Å². The third-order valence-electron chi connectivity index (χ3n) is 14.4. The summed E-state index contributed by atoms with van der Waals surface area (Å²) in [5, 5.41) is 0. The van der Waals surface area contributed by atoms with E-state index < -0.39 is 12.6 Å². The second-order valence-corrected chi connectivity index (χ2v) is 22.0. The zero-order valence-corrected chi connectivity index (χ0v) is 48.0. The minimum absolute atomic E-state index is 0.153. The standard InChI is InChI=1S/C62H109NO10/c1-9-15-19-23-27-31-42-67-58(68-43-32-28-24-20-16-10-2)39-37-56(65)72-52-61(8)47-54-46-60(7,51-71-55(64)36-35-41-63(13-5)14-6)49-62(48-54,50-61)53-73-57(66)38-40-59(69-44-33-29-25-21-17-11-3)70-45-34-30-26-22-18-12-4/h15-22,54,58-59H,9-14,23-53H2,1-8H3/b19-15-,20-16-,21-17-,22-18-. The van der Waals surface area contributed by atoms with E-state index in [1.807, 2.05) is 0 Å². The van der Waals surface area contributed by atoms with Crippen LogP contribution >= 0.6 is 0 Å². The average Bonchev–Trinajstić information content (AvgIpc) is 3.37. The van der Waals surface area contributed by atoms with Gasteiger partial charge in [-0.3, -0.25) is 14.4 Å². The second kappa shape index (κ2) is 41.3. The molecule has 0 amide bonds. The van der Waals surface area contributed by atoms with E-state index in [-0.39, 0.29) is 53.6 Å².